The highest BCUT2D eigenvalue weighted by Crippen LogP contribution is 2.20. The summed E-state index contributed by atoms with van der Waals surface area (Å²) < 4.78 is 11.2. The molecule has 0 atom stereocenters. The van der Waals surface area contributed by atoms with Gasteiger partial charge in [0.05, 0.1) is 6.61 Å². The number of rotatable bonds is 11. The standard InChI is InChI=1S/C29H27ClN2O3/c30-28-12-5-4-10-25(28)20-32(19-17-26-11-6-7-18-31-26)29(33)24-13-15-27(16-14-24)35-22-34-21-23-8-2-1-3-9-23/h1-16,18H,17,19-22H2. The minimum atomic E-state index is -0.0762. The molecule has 1 aromatic heterocycles. The van der Waals surface area contributed by atoms with Crippen molar-refractivity contribution < 1.29 is 14.3 Å². The quantitative estimate of drug-likeness (QED) is 0.188. The summed E-state index contributed by atoms with van der Waals surface area (Å²) in [6.07, 6.45) is 2.41. The minimum absolute atomic E-state index is 0.0762. The molecule has 0 saturated carbocycles. The lowest BCUT2D eigenvalue weighted by molar-refractivity contribution is 0.00504. The molecule has 0 N–H and O–H groups in total. The van der Waals surface area contributed by atoms with E-state index in [1.54, 1.807) is 35.4 Å². The molecule has 35 heavy (non-hydrogen) atoms. The second-order valence-corrected chi connectivity index (χ2v) is 8.42. The zero-order chi connectivity index (χ0) is 24.3. The number of benzene rings is 3. The zero-order valence-electron chi connectivity index (χ0n) is 19.3. The van der Waals surface area contributed by atoms with Crippen LogP contribution in [0.5, 0.6) is 5.75 Å². The first-order chi connectivity index (χ1) is 17.2. The van der Waals surface area contributed by atoms with E-state index in [0.717, 1.165) is 16.8 Å². The molecule has 1 heterocycles. The Labute approximate surface area is 210 Å². The lowest BCUT2D eigenvalue weighted by atomic mass is 10.1. The summed E-state index contributed by atoms with van der Waals surface area (Å²) >= 11 is 6.38. The molecule has 0 aliphatic heterocycles. The molecule has 4 aromatic rings. The molecule has 0 radical (unpaired) electrons. The first kappa shape index (κ1) is 24.5. The molecule has 0 saturated heterocycles. The predicted molar refractivity (Wildman–Crippen MR) is 137 cm³/mol. The molecular formula is C29H27ClN2O3. The molecule has 0 aliphatic carbocycles. The number of aromatic nitrogens is 1. The second-order valence-electron chi connectivity index (χ2n) is 8.01. The summed E-state index contributed by atoms with van der Waals surface area (Å²) in [5.74, 6) is 0.563. The van der Waals surface area contributed by atoms with Gasteiger partial charge in [0.1, 0.15) is 5.75 Å². The van der Waals surface area contributed by atoms with Crippen molar-refractivity contribution in [2.75, 3.05) is 13.3 Å². The highest BCUT2D eigenvalue weighted by molar-refractivity contribution is 6.31. The van der Waals surface area contributed by atoms with Gasteiger partial charge in [-0.2, -0.15) is 0 Å². The van der Waals surface area contributed by atoms with Gasteiger partial charge >= 0.3 is 0 Å². The van der Waals surface area contributed by atoms with Crippen molar-refractivity contribution in [3.8, 4) is 5.75 Å². The summed E-state index contributed by atoms with van der Waals surface area (Å²) in [6.45, 7) is 1.54. The van der Waals surface area contributed by atoms with E-state index in [1.165, 1.54) is 0 Å². The van der Waals surface area contributed by atoms with E-state index >= 15 is 0 Å². The van der Waals surface area contributed by atoms with E-state index in [9.17, 15) is 4.79 Å². The zero-order valence-corrected chi connectivity index (χ0v) is 20.1. The van der Waals surface area contributed by atoms with Crippen LogP contribution in [0.4, 0.5) is 0 Å². The molecule has 3 aromatic carbocycles. The Morgan fingerprint density at radius 3 is 2.34 bits per heavy atom. The van der Waals surface area contributed by atoms with Crippen LogP contribution in [0.3, 0.4) is 0 Å². The number of hydrogen-bond donors (Lipinski definition) is 0. The summed E-state index contributed by atoms with van der Waals surface area (Å²) in [5, 5.41) is 0.641. The first-order valence-corrected chi connectivity index (χ1v) is 11.8. The van der Waals surface area contributed by atoms with Gasteiger partial charge in [0, 0.05) is 42.0 Å². The van der Waals surface area contributed by atoms with E-state index in [-0.39, 0.29) is 12.7 Å². The summed E-state index contributed by atoms with van der Waals surface area (Å²) in [7, 11) is 0. The van der Waals surface area contributed by atoms with Crippen molar-refractivity contribution in [3.63, 3.8) is 0 Å². The number of carbonyl (C=O) groups excluding carboxylic acids is 1. The molecule has 0 unspecified atom stereocenters. The highest BCUT2D eigenvalue weighted by Gasteiger charge is 2.18. The number of amides is 1. The van der Waals surface area contributed by atoms with Crippen molar-refractivity contribution >= 4 is 17.5 Å². The number of ether oxygens (including phenoxy) is 2. The Hall–Kier alpha value is -3.67. The third kappa shape index (κ3) is 7.41. The van der Waals surface area contributed by atoms with Crippen LogP contribution in [-0.2, 0) is 24.3 Å². The van der Waals surface area contributed by atoms with Crippen molar-refractivity contribution in [1.82, 2.24) is 9.88 Å². The fraction of sp³-hybridized carbons (Fsp3) is 0.172. The average Bonchev–Trinajstić information content (AvgIpc) is 2.91. The lowest BCUT2D eigenvalue weighted by Gasteiger charge is -2.23. The number of hydrogen-bond acceptors (Lipinski definition) is 4. The van der Waals surface area contributed by atoms with E-state index in [1.807, 2.05) is 72.8 Å². The molecular weight excluding hydrogens is 460 g/mol. The van der Waals surface area contributed by atoms with Crippen molar-refractivity contribution in [2.24, 2.45) is 0 Å². The molecule has 0 fully saturated rings. The van der Waals surface area contributed by atoms with Gasteiger partial charge in [-0.05, 0) is 53.6 Å². The van der Waals surface area contributed by atoms with Crippen LogP contribution in [0.1, 0.15) is 27.2 Å². The molecule has 0 spiro atoms. The molecule has 178 valence electrons. The maximum absolute atomic E-state index is 13.4. The Kier molecular flexibility index (Phi) is 8.87. The van der Waals surface area contributed by atoms with Crippen LogP contribution in [0.25, 0.3) is 0 Å². The predicted octanol–water partition coefficient (Wildman–Crippen LogP) is 6.17. The number of pyridine rings is 1. The van der Waals surface area contributed by atoms with Gasteiger partial charge in [0.2, 0.25) is 0 Å². The fourth-order valence-corrected chi connectivity index (χ4v) is 3.80. The van der Waals surface area contributed by atoms with Gasteiger partial charge in [-0.15, -0.1) is 0 Å². The molecule has 0 bridgehead atoms. The molecule has 5 nitrogen and oxygen atoms in total. The monoisotopic (exact) mass is 486 g/mol. The van der Waals surface area contributed by atoms with Crippen LogP contribution >= 0.6 is 11.6 Å². The first-order valence-electron chi connectivity index (χ1n) is 11.5. The van der Waals surface area contributed by atoms with Crippen LogP contribution in [0, 0.1) is 0 Å². The van der Waals surface area contributed by atoms with Crippen LogP contribution in [0.15, 0.2) is 103 Å². The van der Waals surface area contributed by atoms with Crippen LogP contribution in [0.2, 0.25) is 5.02 Å². The molecule has 1 amide bonds. The van der Waals surface area contributed by atoms with Gasteiger partial charge in [-0.25, -0.2) is 0 Å². The smallest absolute Gasteiger partial charge is 0.254 e. The molecule has 6 heteroatoms. The highest BCUT2D eigenvalue weighted by atomic mass is 35.5. The van der Waals surface area contributed by atoms with Gasteiger partial charge in [0.25, 0.3) is 5.91 Å². The van der Waals surface area contributed by atoms with E-state index < -0.39 is 0 Å². The fourth-order valence-electron chi connectivity index (χ4n) is 3.60. The number of halogens is 1. The normalized spacial score (nSPS) is 10.7. The summed E-state index contributed by atoms with van der Waals surface area (Å²) in [5.41, 5.74) is 3.50. The largest absolute Gasteiger partial charge is 0.468 e. The Morgan fingerprint density at radius 2 is 1.60 bits per heavy atom. The average molecular weight is 487 g/mol. The summed E-state index contributed by atoms with van der Waals surface area (Å²) in [4.78, 5) is 19.6. The van der Waals surface area contributed by atoms with Crippen LogP contribution < -0.4 is 4.74 Å². The van der Waals surface area contributed by atoms with Crippen molar-refractivity contribution in [2.45, 2.75) is 19.6 Å². The van der Waals surface area contributed by atoms with E-state index in [2.05, 4.69) is 4.98 Å². The van der Waals surface area contributed by atoms with Crippen molar-refractivity contribution in [3.05, 3.63) is 131 Å². The lowest BCUT2D eigenvalue weighted by Crippen LogP contribution is -2.32. The third-order valence-electron chi connectivity index (χ3n) is 5.49. The maximum Gasteiger partial charge on any atom is 0.254 e. The number of carbonyl (C=O) groups is 1. The van der Waals surface area contributed by atoms with Gasteiger partial charge < -0.3 is 14.4 Å². The third-order valence-corrected chi connectivity index (χ3v) is 5.86. The SMILES string of the molecule is O=C(c1ccc(OCOCc2ccccc2)cc1)N(CCc1ccccn1)Cc1ccccc1Cl. The topological polar surface area (TPSA) is 51.7 Å². The van der Waals surface area contributed by atoms with E-state index in [0.29, 0.717) is 42.5 Å². The van der Waals surface area contributed by atoms with Gasteiger partial charge in [-0.1, -0.05) is 66.2 Å². The summed E-state index contributed by atoms with van der Waals surface area (Å²) in [6, 6.07) is 30.4. The minimum Gasteiger partial charge on any atom is -0.468 e. The van der Waals surface area contributed by atoms with Gasteiger partial charge in [0.15, 0.2) is 6.79 Å². The maximum atomic E-state index is 13.4. The Morgan fingerprint density at radius 1 is 0.857 bits per heavy atom. The van der Waals surface area contributed by atoms with Crippen LogP contribution in [-0.4, -0.2) is 29.1 Å². The Bertz CT molecular complexity index is 1200. The van der Waals surface area contributed by atoms with Crippen molar-refractivity contribution in [1.29, 1.82) is 0 Å². The van der Waals surface area contributed by atoms with Gasteiger partial charge in [-0.3, -0.25) is 9.78 Å². The second kappa shape index (κ2) is 12.7. The molecule has 0 aliphatic rings. The Balaban J connectivity index is 1.38. The van der Waals surface area contributed by atoms with E-state index in [4.69, 9.17) is 21.1 Å². The number of nitrogens with zero attached hydrogens (tertiary/aromatic N) is 2. The molecule has 4 rings (SSSR count).